The molecule has 0 saturated carbocycles. The van der Waals surface area contributed by atoms with Gasteiger partial charge < -0.3 is 15.2 Å². The number of H-pyrrole nitrogens is 1. The minimum absolute atomic E-state index is 0.00696. The van der Waals surface area contributed by atoms with Gasteiger partial charge in [-0.05, 0) is 30.2 Å². The fourth-order valence-electron chi connectivity index (χ4n) is 3.52. The van der Waals surface area contributed by atoms with Crippen molar-refractivity contribution in [1.82, 2.24) is 14.8 Å². The predicted molar refractivity (Wildman–Crippen MR) is 105 cm³/mol. The molecule has 2 N–H and O–H groups in total. The summed E-state index contributed by atoms with van der Waals surface area (Å²) in [5.41, 5.74) is 3.41. The number of benzene rings is 2. The van der Waals surface area contributed by atoms with Gasteiger partial charge in [-0.3, -0.25) is 4.90 Å². The maximum atomic E-state index is 12.4. The Morgan fingerprint density at radius 1 is 0.962 bits per heavy atom. The van der Waals surface area contributed by atoms with Crippen LogP contribution in [0.25, 0.3) is 10.9 Å². The minimum atomic E-state index is -0.00696. The van der Waals surface area contributed by atoms with Crippen LogP contribution in [-0.2, 0) is 6.42 Å². The van der Waals surface area contributed by atoms with Gasteiger partial charge in [-0.15, -0.1) is 0 Å². The summed E-state index contributed by atoms with van der Waals surface area (Å²) in [4.78, 5) is 20.0. The summed E-state index contributed by atoms with van der Waals surface area (Å²) in [5, 5.41) is 4.28. The smallest absolute Gasteiger partial charge is 0.321 e. The predicted octanol–water partition coefficient (Wildman–Crippen LogP) is 3.56. The first kappa shape index (κ1) is 16.7. The van der Waals surface area contributed by atoms with E-state index in [4.69, 9.17) is 0 Å². The first-order valence-corrected chi connectivity index (χ1v) is 9.18. The van der Waals surface area contributed by atoms with Crippen LogP contribution in [0.1, 0.15) is 5.56 Å². The van der Waals surface area contributed by atoms with E-state index in [9.17, 15) is 4.79 Å². The first-order valence-electron chi connectivity index (χ1n) is 9.18. The fourth-order valence-corrected chi connectivity index (χ4v) is 3.52. The Labute approximate surface area is 153 Å². The molecule has 1 aromatic heterocycles. The average Bonchev–Trinajstić information content (AvgIpc) is 3.11. The van der Waals surface area contributed by atoms with Gasteiger partial charge in [0.25, 0.3) is 0 Å². The van der Waals surface area contributed by atoms with Gasteiger partial charge >= 0.3 is 6.03 Å². The number of para-hydroxylation sites is 2. The van der Waals surface area contributed by atoms with Crippen LogP contribution in [0.4, 0.5) is 10.5 Å². The molecule has 2 heterocycles. The van der Waals surface area contributed by atoms with E-state index in [1.165, 1.54) is 16.5 Å². The maximum Gasteiger partial charge on any atom is 0.321 e. The number of urea groups is 1. The lowest BCUT2D eigenvalue weighted by Gasteiger charge is -2.34. The Hall–Kier alpha value is -2.79. The third-order valence-corrected chi connectivity index (χ3v) is 5.06. The molecule has 2 amide bonds. The molecule has 26 heavy (non-hydrogen) atoms. The number of nitrogens with one attached hydrogen (secondary N) is 2. The van der Waals surface area contributed by atoms with Crippen LogP contribution in [0, 0.1) is 0 Å². The van der Waals surface area contributed by atoms with E-state index in [0.29, 0.717) is 0 Å². The number of carbonyl (C=O) groups is 1. The molecular weight excluding hydrogens is 324 g/mol. The zero-order valence-electron chi connectivity index (χ0n) is 14.8. The highest BCUT2D eigenvalue weighted by molar-refractivity contribution is 5.89. The molecule has 3 aromatic rings. The summed E-state index contributed by atoms with van der Waals surface area (Å²) >= 11 is 0. The van der Waals surface area contributed by atoms with E-state index in [1.807, 2.05) is 35.2 Å². The number of anilines is 1. The molecule has 5 nitrogen and oxygen atoms in total. The number of hydrogen-bond acceptors (Lipinski definition) is 2. The second kappa shape index (κ2) is 7.62. The second-order valence-corrected chi connectivity index (χ2v) is 6.73. The van der Waals surface area contributed by atoms with Crippen LogP contribution in [-0.4, -0.2) is 53.5 Å². The number of aromatic amines is 1. The summed E-state index contributed by atoms with van der Waals surface area (Å²) in [6.45, 7) is 4.41. The molecule has 0 radical (unpaired) electrons. The van der Waals surface area contributed by atoms with Gasteiger partial charge in [-0.2, -0.15) is 0 Å². The average molecular weight is 348 g/mol. The van der Waals surface area contributed by atoms with Gasteiger partial charge in [0.2, 0.25) is 0 Å². The van der Waals surface area contributed by atoms with Crippen LogP contribution >= 0.6 is 0 Å². The highest BCUT2D eigenvalue weighted by Crippen LogP contribution is 2.18. The molecule has 0 aliphatic carbocycles. The van der Waals surface area contributed by atoms with Gasteiger partial charge in [0.1, 0.15) is 0 Å². The Balaban J connectivity index is 1.26. The lowest BCUT2D eigenvalue weighted by molar-refractivity contribution is 0.148. The van der Waals surface area contributed by atoms with E-state index in [1.54, 1.807) is 0 Å². The van der Waals surface area contributed by atoms with Gasteiger partial charge in [0.15, 0.2) is 0 Å². The van der Waals surface area contributed by atoms with Crippen molar-refractivity contribution in [2.75, 3.05) is 38.0 Å². The van der Waals surface area contributed by atoms with E-state index >= 15 is 0 Å². The zero-order valence-corrected chi connectivity index (χ0v) is 14.8. The summed E-state index contributed by atoms with van der Waals surface area (Å²) in [7, 11) is 0. The summed E-state index contributed by atoms with van der Waals surface area (Å²) in [6, 6.07) is 18.1. The molecular formula is C21H24N4O. The van der Waals surface area contributed by atoms with Crippen molar-refractivity contribution in [1.29, 1.82) is 0 Å². The molecule has 1 aliphatic heterocycles. The molecule has 0 spiro atoms. The zero-order chi connectivity index (χ0) is 17.8. The van der Waals surface area contributed by atoms with Crippen LogP contribution in [0.5, 0.6) is 0 Å². The number of fused-ring (bicyclic) bond motifs is 1. The standard InChI is InChI=1S/C21H24N4O/c26-21(23-18-6-2-1-3-7-18)25-14-12-24(13-15-25)11-10-17-16-22-20-9-5-4-8-19(17)20/h1-9,16,22H,10-15H2,(H,23,26). The lowest BCUT2D eigenvalue weighted by atomic mass is 10.1. The van der Waals surface area contributed by atoms with Gasteiger partial charge in [0, 0.05) is 55.5 Å². The monoisotopic (exact) mass is 348 g/mol. The van der Waals surface area contributed by atoms with Crippen LogP contribution in [0.2, 0.25) is 0 Å². The molecule has 2 aromatic carbocycles. The van der Waals surface area contributed by atoms with Crippen molar-refractivity contribution in [2.45, 2.75) is 6.42 Å². The summed E-state index contributed by atoms with van der Waals surface area (Å²) in [6.07, 6.45) is 3.15. The normalized spacial score (nSPS) is 15.3. The fraction of sp³-hybridized carbons (Fsp3) is 0.286. The Morgan fingerprint density at radius 3 is 2.50 bits per heavy atom. The molecule has 4 rings (SSSR count). The number of nitrogens with zero attached hydrogens (tertiary/aromatic N) is 2. The molecule has 0 bridgehead atoms. The molecule has 5 heteroatoms. The molecule has 0 unspecified atom stereocenters. The van der Waals surface area contributed by atoms with E-state index in [2.05, 4.69) is 45.7 Å². The van der Waals surface area contributed by atoms with Crippen LogP contribution in [0.3, 0.4) is 0 Å². The minimum Gasteiger partial charge on any atom is -0.361 e. The topological polar surface area (TPSA) is 51.4 Å². The number of carbonyl (C=O) groups excluding carboxylic acids is 1. The van der Waals surface area contributed by atoms with E-state index in [-0.39, 0.29) is 6.03 Å². The third-order valence-electron chi connectivity index (χ3n) is 5.06. The highest BCUT2D eigenvalue weighted by atomic mass is 16.2. The van der Waals surface area contributed by atoms with Crippen molar-refractivity contribution in [3.8, 4) is 0 Å². The Kier molecular flexibility index (Phi) is 4.88. The maximum absolute atomic E-state index is 12.4. The van der Waals surface area contributed by atoms with Crippen molar-refractivity contribution in [3.63, 3.8) is 0 Å². The van der Waals surface area contributed by atoms with Crippen LogP contribution < -0.4 is 5.32 Å². The molecule has 1 fully saturated rings. The number of rotatable bonds is 4. The second-order valence-electron chi connectivity index (χ2n) is 6.73. The molecule has 0 atom stereocenters. The third kappa shape index (κ3) is 3.73. The largest absolute Gasteiger partial charge is 0.361 e. The molecule has 1 saturated heterocycles. The molecule has 134 valence electrons. The van der Waals surface area contributed by atoms with E-state index in [0.717, 1.165) is 44.8 Å². The van der Waals surface area contributed by atoms with Crippen LogP contribution in [0.15, 0.2) is 60.8 Å². The van der Waals surface area contributed by atoms with Crippen molar-refractivity contribution >= 4 is 22.6 Å². The number of amides is 2. The highest BCUT2D eigenvalue weighted by Gasteiger charge is 2.21. The summed E-state index contributed by atoms with van der Waals surface area (Å²) < 4.78 is 0. The van der Waals surface area contributed by atoms with Crippen molar-refractivity contribution < 1.29 is 4.79 Å². The van der Waals surface area contributed by atoms with E-state index < -0.39 is 0 Å². The number of aromatic nitrogens is 1. The summed E-state index contributed by atoms with van der Waals surface area (Å²) in [5.74, 6) is 0. The SMILES string of the molecule is O=C(Nc1ccccc1)N1CCN(CCc2c[nH]c3ccccc23)CC1. The number of hydrogen-bond donors (Lipinski definition) is 2. The Bertz CT molecular complexity index is 866. The number of piperazine rings is 1. The Morgan fingerprint density at radius 2 is 1.69 bits per heavy atom. The van der Waals surface area contributed by atoms with Gasteiger partial charge in [0.05, 0.1) is 0 Å². The van der Waals surface area contributed by atoms with Gasteiger partial charge in [-0.1, -0.05) is 36.4 Å². The first-order chi connectivity index (χ1) is 12.8. The molecule has 1 aliphatic rings. The van der Waals surface area contributed by atoms with Crippen molar-refractivity contribution in [2.24, 2.45) is 0 Å². The quantitative estimate of drug-likeness (QED) is 0.757. The van der Waals surface area contributed by atoms with Crippen molar-refractivity contribution in [3.05, 3.63) is 66.4 Å². The lowest BCUT2D eigenvalue weighted by Crippen LogP contribution is -2.50. The van der Waals surface area contributed by atoms with Gasteiger partial charge in [-0.25, -0.2) is 4.79 Å².